The van der Waals surface area contributed by atoms with Crippen LogP contribution in [0.1, 0.15) is 31.9 Å². The second-order valence-corrected chi connectivity index (χ2v) is 7.76. The average molecular weight is 390 g/mol. The summed E-state index contributed by atoms with van der Waals surface area (Å²) in [5.41, 5.74) is 4.60. The fraction of sp³-hybridized carbons (Fsp3) is 0.250. The van der Waals surface area contributed by atoms with Crippen molar-refractivity contribution < 1.29 is 14.3 Å². The Morgan fingerprint density at radius 1 is 1.03 bits per heavy atom. The zero-order valence-electron chi connectivity index (χ0n) is 17.2. The third-order valence-electron chi connectivity index (χ3n) is 4.62. The first-order valence-electron chi connectivity index (χ1n) is 9.49. The molecule has 0 aliphatic rings. The van der Waals surface area contributed by atoms with E-state index in [1.54, 1.807) is 13.3 Å². The summed E-state index contributed by atoms with van der Waals surface area (Å²) < 4.78 is 11.0. The number of rotatable bonds is 6. The third-order valence-corrected chi connectivity index (χ3v) is 4.62. The highest BCUT2D eigenvalue weighted by Gasteiger charge is 2.13. The molecule has 3 rings (SSSR count). The Kier molecular flexibility index (Phi) is 6.17. The molecule has 0 aromatic heterocycles. The van der Waals surface area contributed by atoms with Gasteiger partial charge in [0, 0.05) is 5.56 Å². The summed E-state index contributed by atoms with van der Waals surface area (Å²) in [4.78, 5) is 12.1. The van der Waals surface area contributed by atoms with Crippen LogP contribution in [0, 0.1) is 0 Å². The number of carbonyl (C=O) groups excluding carboxylic acids is 1. The highest BCUT2D eigenvalue weighted by molar-refractivity contribution is 6.02. The Labute approximate surface area is 171 Å². The molecule has 0 bridgehead atoms. The van der Waals surface area contributed by atoms with E-state index in [1.165, 1.54) is 5.56 Å². The van der Waals surface area contributed by atoms with Crippen LogP contribution in [0.15, 0.2) is 65.8 Å². The number of methoxy groups -OCH3 is 1. The highest BCUT2D eigenvalue weighted by atomic mass is 16.5. The van der Waals surface area contributed by atoms with E-state index in [4.69, 9.17) is 9.47 Å². The number of amides is 1. The molecule has 5 nitrogen and oxygen atoms in total. The number of carbonyl (C=O) groups is 1. The van der Waals surface area contributed by atoms with Crippen molar-refractivity contribution in [2.45, 2.75) is 26.2 Å². The molecule has 3 aromatic carbocycles. The molecule has 0 unspecified atom stereocenters. The van der Waals surface area contributed by atoms with Gasteiger partial charge in [0.25, 0.3) is 5.91 Å². The van der Waals surface area contributed by atoms with Crippen LogP contribution >= 0.6 is 0 Å². The molecule has 0 aliphatic heterocycles. The summed E-state index contributed by atoms with van der Waals surface area (Å²) in [7, 11) is 1.61. The number of hydrogen-bond donors (Lipinski definition) is 1. The first-order chi connectivity index (χ1) is 13.9. The van der Waals surface area contributed by atoms with Crippen LogP contribution in [0.4, 0.5) is 0 Å². The van der Waals surface area contributed by atoms with Gasteiger partial charge in [0.1, 0.15) is 11.5 Å². The summed E-state index contributed by atoms with van der Waals surface area (Å²) in [6, 6.07) is 19.6. The third kappa shape index (κ3) is 5.13. The SMILES string of the molecule is COc1ccc2ccccc2c1/C=N\NC(=O)COc1ccc(C(C)(C)C)cc1. The molecule has 29 heavy (non-hydrogen) atoms. The minimum Gasteiger partial charge on any atom is -0.496 e. The fourth-order valence-electron chi connectivity index (χ4n) is 2.99. The topological polar surface area (TPSA) is 59.9 Å². The van der Waals surface area contributed by atoms with Crippen LogP contribution in [0.2, 0.25) is 0 Å². The Balaban J connectivity index is 1.61. The Bertz CT molecular complexity index is 1020. The minimum atomic E-state index is -0.333. The van der Waals surface area contributed by atoms with Gasteiger partial charge in [-0.3, -0.25) is 4.79 Å². The maximum Gasteiger partial charge on any atom is 0.277 e. The van der Waals surface area contributed by atoms with Crippen molar-refractivity contribution >= 4 is 22.9 Å². The summed E-state index contributed by atoms with van der Waals surface area (Å²) in [6.45, 7) is 6.34. The molecule has 150 valence electrons. The van der Waals surface area contributed by atoms with E-state index in [2.05, 4.69) is 31.3 Å². The number of fused-ring (bicyclic) bond motifs is 1. The molecule has 5 heteroatoms. The first kappa shape index (κ1) is 20.4. The molecule has 0 saturated carbocycles. The van der Waals surface area contributed by atoms with Crippen molar-refractivity contribution in [3.63, 3.8) is 0 Å². The van der Waals surface area contributed by atoms with E-state index in [0.717, 1.165) is 16.3 Å². The molecule has 0 heterocycles. The lowest BCUT2D eigenvalue weighted by atomic mass is 9.87. The number of benzene rings is 3. The van der Waals surface area contributed by atoms with E-state index in [9.17, 15) is 4.79 Å². The van der Waals surface area contributed by atoms with Crippen LogP contribution < -0.4 is 14.9 Å². The standard InChI is InChI=1S/C24H26N2O3/c1-24(2,3)18-10-12-19(13-11-18)29-16-23(27)26-25-15-21-20-8-6-5-7-17(20)9-14-22(21)28-4/h5-15H,16H2,1-4H3,(H,26,27)/b25-15-. The van der Waals surface area contributed by atoms with Crippen molar-refractivity contribution in [2.24, 2.45) is 5.10 Å². The van der Waals surface area contributed by atoms with Gasteiger partial charge in [0.05, 0.1) is 13.3 Å². The van der Waals surface area contributed by atoms with Gasteiger partial charge < -0.3 is 9.47 Å². The zero-order chi connectivity index (χ0) is 20.9. The van der Waals surface area contributed by atoms with Crippen molar-refractivity contribution in [3.05, 3.63) is 71.8 Å². The molecule has 0 saturated heterocycles. The van der Waals surface area contributed by atoms with Gasteiger partial charge in [-0.1, -0.05) is 63.2 Å². The number of hydrazone groups is 1. The van der Waals surface area contributed by atoms with Crippen molar-refractivity contribution in [2.75, 3.05) is 13.7 Å². The monoisotopic (exact) mass is 390 g/mol. The summed E-state index contributed by atoms with van der Waals surface area (Å²) in [5, 5.41) is 6.15. The molecule has 0 radical (unpaired) electrons. The van der Waals surface area contributed by atoms with E-state index in [-0.39, 0.29) is 17.9 Å². The lowest BCUT2D eigenvalue weighted by Gasteiger charge is -2.19. The molecule has 1 amide bonds. The molecule has 1 N–H and O–H groups in total. The summed E-state index contributed by atoms with van der Waals surface area (Å²) in [5.74, 6) is 1.00. The van der Waals surface area contributed by atoms with Gasteiger partial charge in [0.15, 0.2) is 6.61 Å². The van der Waals surface area contributed by atoms with Gasteiger partial charge in [-0.25, -0.2) is 5.43 Å². The highest BCUT2D eigenvalue weighted by Crippen LogP contribution is 2.26. The Morgan fingerprint density at radius 3 is 2.45 bits per heavy atom. The van der Waals surface area contributed by atoms with Gasteiger partial charge >= 0.3 is 0 Å². The average Bonchev–Trinajstić information content (AvgIpc) is 2.72. The first-order valence-corrected chi connectivity index (χ1v) is 9.49. The van der Waals surface area contributed by atoms with Gasteiger partial charge in [-0.05, 0) is 39.9 Å². The van der Waals surface area contributed by atoms with E-state index < -0.39 is 0 Å². The number of nitrogens with zero attached hydrogens (tertiary/aromatic N) is 1. The maximum atomic E-state index is 12.1. The van der Waals surface area contributed by atoms with E-state index in [0.29, 0.717) is 11.5 Å². The van der Waals surface area contributed by atoms with Gasteiger partial charge in [0.2, 0.25) is 0 Å². The minimum absolute atomic E-state index is 0.0767. The molecule has 0 atom stereocenters. The van der Waals surface area contributed by atoms with E-state index in [1.807, 2.05) is 60.7 Å². The van der Waals surface area contributed by atoms with Crippen LogP contribution in [0.25, 0.3) is 10.8 Å². The molecule has 0 aliphatic carbocycles. The smallest absolute Gasteiger partial charge is 0.277 e. The van der Waals surface area contributed by atoms with Crippen molar-refractivity contribution in [3.8, 4) is 11.5 Å². The molecule has 0 fully saturated rings. The fourth-order valence-corrected chi connectivity index (χ4v) is 2.99. The number of nitrogens with one attached hydrogen (secondary N) is 1. The predicted octanol–water partition coefficient (Wildman–Crippen LogP) is 4.68. The molecular weight excluding hydrogens is 364 g/mol. The van der Waals surface area contributed by atoms with Crippen LogP contribution in [-0.4, -0.2) is 25.8 Å². The number of ether oxygens (including phenoxy) is 2. The molecule has 0 spiro atoms. The summed E-state index contributed by atoms with van der Waals surface area (Å²) in [6.07, 6.45) is 1.59. The summed E-state index contributed by atoms with van der Waals surface area (Å²) >= 11 is 0. The normalized spacial score (nSPS) is 11.6. The van der Waals surface area contributed by atoms with Crippen LogP contribution in [0.5, 0.6) is 11.5 Å². The Hall–Kier alpha value is -3.34. The molecule has 3 aromatic rings. The second-order valence-electron chi connectivity index (χ2n) is 7.76. The van der Waals surface area contributed by atoms with Crippen molar-refractivity contribution in [1.29, 1.82) is 0 Å². The Morgan fingerprint density at radius 2 is 1.76 bits per heavy atom. The lowest BCUT2D eigenvalue weighted by molar-refractivity contribution is -0.123. The zero-order valence-corrected chi connectivity index (χ0v) is 17.2. The van der Waals surface area contributed by atoms with E-state index >= 15 is 0 Å². The predicted molar refractivity (Wildman–Crippen MR) is 117 cm³/mol. The van der Waals surface area contributed by atoms with Gasteiger partial charge in [-0.2, -0.15) is 5.10 Å². The molecular formula is C24H26N2O3. The van der Waals surface area contributed by atoms with Crippen LogP contribution in [-0.2, 0) is 10.2 Å². The largest absolute Gasteiger partial charge is 0.496 e. The van der Waals surface area contributed by atoms with Crippen LogP contribution in [0.3, 0.4) is 0 Å². The van der Waals surface area contributed by atoms with Gasteiger partial charge in [-0.15, -0.1) is 0 Å². The second kappa shape index (κ2) is 8.78. The quantitative estimate of drug-likeness (QED) is 0.491. The van der Waals surface area contributed by atoms with Crippen molar-refractivity contribution in [1.82, 2.24) is 5.43 Å². The maximum absolute atomic E-state index is 12.1. The number of hydrogen-bond acceptors (Lipinski definition) is 4. The lowest BCUT2D eigenvalue weighted by Crippen LogP contribution is -2.24.